The van der Waals surface area contributed by atoms with Crippen LogP contribution in [-0.2, 0) is 4.79 Å². The van der Waals surface area contributed by atoms with Crippen LogP contribution in [0.4, 0.5) is 11.6 Å². The van der Waals surface area contributed by atoms with Gasteiger partial charge in [-0.15, -0.1) is 0 Å². The summed E-state index contributed by atoms with van der Waals surface area (Å²) in [5.41, 5.74) is 1.67. The van der Waals surface area contributed by atoms with E-state index in [9.17, 15) is 4.79 Å². The van der Waals surface area contributed by atoms with E-state index < -0.39 is 0 Å². The second-order valence-corrected chi connectivity index (χ2v) is 8.38. The number of hydrogen-bond acceptors (Lipinski definition) is 6. The summed E-state index contributed by atoms with van der Waals surface area (Å²) in [6.45, 7) is 1.92. The van der Waals surface area contributed by atoms with Crippen LogP contribution in [0.5, 0.6) is 5.75 Å². The highest BCUT2D eigenvalue weighted by Crippen LogP contribution is 2.31. The van der Waals surface area contributed by atoms with Crippen molar-refractivity contribution in [1.29, 1.82) is 0 Å². The van der Waals surface area contributed by atoms with E-state index in [-0.39, 0.29) is 17.9 Å². The number of likely N-dealkylation sites (N-methyl/N-ethyl adjacent to an activating group) is 1. The zero-order valence-electron chi connectivity index (χ0n) is 18.2. The molecule has 1 amide bonds. The molecule has 0 radical (unpaired) electrons. The Balaban J connectivity index is 1.39. The number of aromatic nitrogens is 2. The summed E-state index contributed by atoms with van der Waals surface area (Å²) in [5, 5.41) is 7.76. The number of carbonyl (C=O) groups is 1. The van der Waals surface area contributed by atoms with E-state index in [1.54, 1.807) is 12.4 Å². The molecule has 2 aliphatic rings. The molecule has 0 atom stereocenters. The summed E-state index contributed by atoms with van der Waals surface area (Å²) in [4.78, 5) is 23.2. The van der Waals surface area contributed by atoms with E-state index in [0.717, 1.165) is 59.4 Å². The van der Waals surface area contributed by atoms with E-state index in [2.05, 4.69) is 44.4 Å². The first kappa shape index (κ1) is 20.3. The maximum atomic E-state index is 12.1. The summed E-state index contributed by atoms with van der Waals surface area (Å²) in [6, 6.07) is 9.71. The second-order valence-electron chi connectivity index (χ2n) is 8.38. The van der Waals surface area contributed by atoms with E-state index in [1.165, 1.54) is 0 Å². The van der Waals surface area contributed by atoms with Gasteiger partial charge in [0.15, 0.2) is 0 Å². The minimum Gasteiger partial charge on any atom is -0.488 e. The highest BCUT2D eigenvalue weighted by molar-refractivity contribution is 5.99. The normalized spacial score (nSPS) is 16.1. The van der Waals surface area contributed by atoms with Crippen LogP contribution in [0.3, 0.4) is 0 Å². The van der Waals surface area contributed by atoms with Crippen molar-refractivity contribution in [3.63, 3.8) is 0 Å². The summed E-state index contributed by atoms with van der Waals surface area (Å²) in [5.74, 6) is 8.72. The van der Waals surface area contributed by atoms with Gasteiger partial charge in [-0.1, -0.05) is 11.8 Å². The molecule has 1 saturated heterocycles. The van der Waals surface area contributed by atoms with E-state index in [0.29, 0.717) is 5.82 Å². The summed E-state index contributed by atoms with van der Waals surface area (Å²) >= 11 is 0. The predicted octanol–water partition coefficient (Wildman–Crippen LogP) is 3.11. The first-order chi connectivity index (χ1) is 15.6. The fourth-order valence-corrected chi connectivity index (χ4v) is 3.74. The van der Waals surface area contributed by atoms with Gasteiger partial charge in [-0.05, 0) is 50.2 Å². The smallest absolute Gasteiger partial charge is 0.228 e. The van der Waals surface area contributed by atoms with Crippen molar-refractivity contribution >= 4 is 28.3 Å². The van der Waals surface area contributed by atoms with E-state index in [4.69, 9.17) is 4.74 Å². The number of ether oxygens (including phenoxy) is 1. The standard InChI is InChI=1S/C25H25N5O2/c1-26-24-22-13-27-23(29-25(31)17-7-8-17)11-21(22)18(12-28-24)6-3-16-4-9-19(10-5-16)32-20-14-30(2)15-20/h4-5,9-13,17,20H,7-8,14-15H2,1-2H3,(H,26,28)(H,27,29,31). The van der Waals surface area contributed by atoms with Crippen LogP contribution in [0.2, 0.25) is 0 Å². The fraction of sp³-hybridized carbons (Fsp3) is 0.320. The number of anilines is 2. The summed E-state index contributed by atoms with van der Waals surface area (Å²) < 4.78 is 5.94. The van der Waals surface area contributed by atoms with Crippen LogP contribution in [-0.4, -0.2) is 54.1 Å². The molecule has 0 unspecified atom stereocenters. The lowest BCUT2D eigenvalue weighted by molar-refractivity contribution is -0.117. The number of likely N-dealkylation sites (tertiary alicyclic amines) is 1. The summed E-state index contributed by atoms with van der Waals surface area (Å²) in [6.07, 6.45) is 5.64. The zero-order chi connectivity index (χ0) is 22.1. The van der Waals surface area contributed by atoms with Gasteiger partial charge in [-0.3, -0.25) is 9.69 Å². The van der Waals surface area contributed by atoms with Crippen molar-refractivity contribution in [1.82, 2.24) is 14.9 Å². The van der Waals surface area contributed by atoms with Gasteiger partial charge in [0, 0.05) is 54.8 Å². The maximum absolute atomic E-state index is 12.1. The number of hydrogen-bond donors (Lipinski definition) is 2. The van der Waals surface area contributed by atoms with Crippen molar-refractivity contribution in [2.45, 2.75) is 18.9 Å². The van der Waals surface area contributed by atoms with Crippen molar-refractivity contribution in [2.75, 3.05) is 37.8 Å². The lowest BCUT2D eigenvalue weighted by Gasteiger charge is -2.35. The molecule has 1 aliphatic carbocycles. The van der Waals surface area contributed by atoms with Crippen LogP contribution < -0.4 is 15.4 Å². The molecule has 5 rings (SSSR count). The molecule has 1 saturated carbocycles. The topological polar surface area (TPSA) is 79.4 Å². The van der Waals surface area contributed by atoms with Gasteiger partial charge in [0.2, 0.25) is 5.91 Å². The van der Waals surface area contributed by atoms with Gasteiger partial charge < -0.3 is 15.4 Å². The number of amides is 1. The van der Waals surface area contributed by atoms with Crippen LogP contribution >= 0.6 is 0 Å². The third kappa shape index (κ3) is 4.36. The molecule has 32 heavy (non-hydrogen) atoms. The minimum absolute atomic E-state index is 0.0308. The summed E-state index contributed by atoms with van der Waals surface area (Å²) in [7, 11) is 3.90. The molecule has 0 spiro atoms. The SMILES string of the molecule is CNc1ncc(C#Cc2ccc(OC3CN(C)C3)cc2)c2cc(NC(=O)C3CC3)ncc12. The number of nitrogens with zero attached hydrogens (tertiary/aromatic N) is 3. The minimum atomic E-state index is 0.0308. The molecule has 1 aromatic carbocycles. The Morgan fingerprint density at radius 1 is 1.09 bits per heavy atom. The lowest BCUT2D eigenvalue weighted by Crippen LogP contribution is -2.51. The lowest BCUT2D eigenvalue weighted by atomic mass is 10.1. The number of pyridine rings is 2. The van der Waals surface area contributed by atoms with Crippen LogP contribution in [0.25, 0.3) is 10.8 Å². The molecular formula is C25H25N5O2. The molecule has 7 heteroatoms. The van der Waals surface area contributed by atoms with Crippen LogP contribution in [0, 0.1) is 17.8 Å². The number of benzene rings is 1. The first-order valence-electron chi connectivity index (χ1n) is 10.8. The van der Waals surface area contributed by atoms with E-state index in [1.807, 2.05) is 37.4 Å². The molecule has 0 bridgehead atoms. The largest absolute Gasteiger partial charge is 0.488 e. The molecule has 3 aromatic rings. The zero-order valence-corrected chi connectivity index (χ0v) is 18.2. The third-order valence-corrected chi connectivity index (χ3v) is 5.74. The highest BCUT2D eigenvalue weighted by Gasteiger charge is 2.30. The Bertz CT molecular complexity index is 1220. The average molecular weight is 428 g/mol. The number of carbonyl (C=O) groups excluding carboxylic acids is 1. The monoisotopic (exact) mass is 427 g/mol. The molecule has 1 aliphatic heterocycles. The quantitative estimate of drug-likeness (QED) is 0.609. The number of fused-ring (bicyclic) bond motifs is 1. The number of nitrogens with one attached hydrogen (secondary N) is 2. The molecule has 3 heterocycles. The molecule has 2 N–H and O–H groups in total. The molecule has 162 valence electrons. The van der Waals surface area contributed by atoms with Crippen molar-refractivity contribution < 1.29 is 9.53 Å². The highest BCUT2D eigenvalue weighted by atomic mass is 16.5. The van der Waals surface area contributed by atoms with Crippen molar-refractivity contribution in [2.24, 2.45) is 5.92 Å². The fourth-order valence-electron chi connectivity index (χ4n) is 3.74. The van der Waals surface area contributed by atoms with E-state index >= 15 is 0 Å². The van der Waals surface area contributed by atoms with Crippen LogP contribution in [0.1, 0.15) is 24.0 Å². The van der Waals surface area contributed by atoms with Gasteiger partial charge in [0.05, 0.1) is 5.56 Å². The van der Waals surface area contributed by atoms with Crippen molar-refractivity contribution in [3.05, 3.63) is 53.9 Å². The Morgan fingerprint density at radius 2 is 1.88 bits per heavy atom. The predicted molar refractivity (Wildman–Crippen MR) is 125 cm³/mol. The van der Waals surface area contributed by atoms with Gasteiger partial charge in [-0.25, -0.2) is 9.97 Å². The second kappa shape index (κ2) is 8.48. The average Bonchev–Trinajstić information content (AvgIpc) is 3.63. The Labute approximate surface area is 187 Å². The molecular weight excluding hydrogens is 402 g/mol. The number of rotatable bonds is 5. The third-order valence-electron chi connectivity index (χ3n) is 5.74. The van der Waals surface area contributed by atoms with Gasteiger partial charge >= 0.3 is 0 Å². The van der Waals surface area contributed by atoms with Crippen LogP contribution in [0.15, 0.2) is 42.7 Å². The Morgan fingerprint density at radius 3 is 2.56 bits per heavy atom. The Kier molecular flexibility index (Phi) is 5.38. The Hall–Kier alpha value is -3.63. The maximum Gasteiger partial charge on any atom is 0.228 e. The molecule has 2 fully saturated rings. The molecule has 7 nitrogen and oxygen atoms in total. The van der Waals surface area contributed by atoms with Crippen molar-refractivity contribution in [3.8, 4) is 17.6 Å². The first-order valence-corrected chi connectivity index (χ1v) is 10.8. The molecule has 2 aromatic heterocycles. The van der Waals surface area contributed by atoms with Gasteiger partial charge in [-0.2, -0.15) is 0 Å². The van der Waals surface area contributed by atoms with Gasteiger partial charge in [0.25, 0.3) is 0 Å². The van der Waals surface area contributed by atoms with Gasteiger partial charge in [0.1, 0.15) is 23.5 Å².